The molecule has 0 unspecified atom stereocenters. The average Bonchev–Trinajstić information content (AvgIpc) is 3.59. The molecule has 6 heteroatoms. The second kappa shape index (κ2) is 16.5. The van der Waals surface area contributed by atoms with E-state index < -0.39 is 5.97 Å². The largest absolute Gasteiger partial charge is 0.477 e. The SMILES string of the molecule is CCCCCCCCc1cc(-c2ccc(C(=O)O)s2)c(CCCCCCCC)cc1-c1ccc(OC=O)s1. The van der Waals surface area contributed by atoms with E-state index in [-0.39, 0.29) is 0 Å². The van der Waals surface area contributed by atoms with Crippen LogP contribution in [0.1, 0.15) is 112 Å². The van der Waals surface area contributed by atoms with E-state index >= 15 is 0 Å². The van der Waals surface area contributed by atoms with Crippen molar-refractivity contribution >= 4 is 35.1 Å². The summed E-state index contributed by atoms with van der Waals surface area (Å²) >= 11 is 2.86. The first-order valence-electron chi connectivity index (χ1n) is 14.3. The number of ether oxygens (including phenoxy) is 1. The van der Waals surface area contributed by atoms with E-state index in [9.17, 15) is 14.7 Å². The summed E-state index contributed by atoms with van der Waals surface area (Å²) in [6.07, 6.45) is 16.8. The van der Waals surface area contributed by atoms with Gasteiger partial charge in [0.05, 0.1) is 0 Å². The molecule has 1 aromatic carbocycles. The van der Waals surface area contributed by atoms with Gasteiger partial charge in [-0.25, -0.2) is 4.79 Å². The van der Waals surface area contributed by atoms with Crippen molar-refractivity contribution in [2.24, 2.45) is 0 Å². The zero-order chi connectivity index (χ0) is 27.2. The van der Waals surface area contributed by atoms with Gasteiger partial charge < -0.3 is 9.84 Å². The number of aromatic carboxylic acids is 1. The van der Waals surface area contributed by atoms with Crippen LogP contribution in [0.25, 0.3) is 20.9 Å². The summed E-state index contributed by atoms with van der Waals surface area (Å²) < 4.78 is 5.13. The molecule has 0 atom stereocenters. The number of thiophene rings is 2. The lowest BCUT2D eigenvalue weighted by Gasteiger charge is -2.16. The fourth-order valence-corrected chi connectivity index (χ4v) is 6.70. The molecular weight excluding hydrogens is 512 g/mol. The summed E-state index contributed by atoms with van der Waals surface area (Å²) in [5, 5.41) is 10.1. The number of carbonyl (C=O) groups excluding carboxylic acids is 1. The van der Waals surface area contributed by atoms with Crippen LogP contribution in [-0.4, -0.2) is 17.5 Å². The van der Waals surface area contributed by atoms with Gasteiger partial charge in [0.25, 0.3) is 6.47 Å². The highest BCUT2D eigenvalue weighted by Crippen LogP contribution is 2.40. The first kappa shape index (κ1) is 30.1. The van der Waals surface area contributed by atoms with Crippen LogP contribution in [0.15, 0.2) is 36.4 Å². The fraction of sp³-hybridized carbons (Fsp3) is 0.500. The van der Waals surface area contributed by atoms with E-state index in [1.165, 1.54) is 109 Å². The van der Waals surface area contributed by atoms with Gasteiger partial charge in [0.15, 0.2) is 5.06 Å². The van der Waals surface area contributed by atoms with Crippen molar-refractivity contribution < 1.29 is 19.4 Å². The van der Waals surface area contributed by atoms with Crippen LogP contribution in [0.3, 0.4) is 0 Å². The molecule has 0 spiro atoms. The molecule has 206 valence electrons. The molecule has 38 heavy (non-hydrogen) atoms. The number of benzene rings is 1. The number of hydrogen-bond donors (Lipinski definition) is 1. The molecule has 0 aliphatic heterocycles. The molecule has 0 saturated carbocycles. The van der Waals surface area contributed by atoms with Crippen molar-refractivity contribution in [1.29, 1.82) is 0 Å². The Kier molecular flexibility index (Phi) is 13.1. The van der Waals surface area contributed by atoms with Crippen LogP contribution < -0.4 is 4.74 Å². The van der Waals surface area contributed by atoms with Crippen molar-refractivity contribution in [3.63, 3.8) is 0 Å². The molecule has 0 amide bonds. The predicted molar refractivity (Wildman–Crippen MR) is 161 cm³/mol. The quantitative estimate of drug-likeness (QED) is 0.118. The lowest BCUT2D eigenvalue weighted by molar-refractivity contribution is -0.120. The third-order valence-electron chi connectivity index (χ3n) is 7.02. The minimum Gasteiger partial charge on any atom is -0.477 e. The highest BCUT2D eigenvalue weighted by molar-refractivity contribution is 7.17. The third-order valence-corrected chi connectivity index (χ3v) is 9.14. The summed E-state index contributed by atoms with van der Waals surface area (Å²) in [6.45, 7) is 4.96. The summed E-state index contributed by atoms with van der Waals surface area (Å²) in [7, 11) is 0. The maximum Gasteiger partial charge on any atom is 0.345 e. The van der Waals surface area contributed by atoms with Gasteiger partial charge >= 0.3 is 5.97 Å². The number of hydrogen-bond acceptors (Lipinski definition) is 5. The van der Waals surface area contributed by atoms with Gasteiger partial charge in [-0.05, 0) is 84.3 Å². The normalized spacial score (nSPS) is 11.1. The number of rotatable bonds is 19. The first-order chi connectivity index (χ1) is 18.6. The summed E-state index contributed by atoms with van der Waals surface area (Å²) in [5.41, 5.74) is 4.94. The van der Waals surface area contributed by atoms with Crippen LogP contribution in [0.2, 0.25) is 0 Å². The Morgan fingerprint density at radius 2 is 1.24 bits per heavy atom. The third kappa shape index (κ3) is 9.09. The fourth-order valence-electron chi connectivity index (χ4n) is 4.93. The van der Waals surface area contributed by atoms with Gasteiger partial charge in [0.1, 0.15) is 4.88 Å². The van der Waals surface area contributed by atoms with Gasteiger partial charge in [0, 0.05) is 9.75 Å². The molecule has 1 N–H and O–H groups in total. The topological polar surface area (TPSA) is 63.6 Å². The number of unbranched alkanes of at least 4 members (excludes halogenated alkanes) is 10. The molecule has 3 rings (SSSR count). The van der Waals surface area contributed by atoms with Gasteiger partial charge in [-0.15, -0.1) is 11.3 Å². The van der Waals surface area contributed by atoms with E-state index in [0.29, 0.717) is 16.4 Å². The van der Waals surface area contributed by atoms with Gasteiger partial charge in [0.2, 0.25) is 0 Å². The lowest BCUT2D eigenvalue weighted by atomic mass is 9.91. The predicted octanol–water partition coefficient (Wildman–Crippen LogP) is 10.2. The molecule has 0 bridgehead atoms. The van der Waals surface area contributed by atoms with Crippen LogP contribution in [0.5, 0.6) is 5.06 Å². The average molecular weight is 555 g/mol. The standard InChI is InChI=1S/C32H42O4S2/c1-3-5-7-9-11-13-15-24-22-27(29-19-20-31(38-29)36-23-33)25(16-14-12-10-8-6-4-2)21-26(24)28-17-18-30(37-28)32(34)35/h17-23H,3-16H2,1-2H3,(H,34,35). The molecule has 2 heterocycles. The van der Waals surface area contributed by atoms with Crippen LogP contribution in [-0.2, 0) is 17.6 Å². The molecule has 0 radical (unpaired) electrons. The van der Waals surface area contributed by atoms with E-state index in [4.69, 9.17) is 4.74 Å². The van der Waals surface area contributed by atoms with Gasteiger partial charge in [-0.3, -0.25) is 4.79 Å². The van der Waals surface area contributed by atoms with Gasteiger partial charge in [-0.2, -0.15) is 0 Å². The van der Waals surface area contributed by atoms with Crippen LogP contribution >= 0.6 is 22.7 Å². The maximum absolute atomic E-state index is 11.6. The van der Waals surface area contributed by atoms with E-state index in [1.807, 2.05) is 18.2 Å². The van der Waals surface area contributed by atoms with Crippen molar-refractivity contribution in [2.75, 3.05) is 0 Å². The van der Waals surface area contributed by atoms with Crippen molar-refractivity contribution in [3.8, 4) is 25.9 Å². The zero-order valence-electron chi connectivity index (χ0n) is 22.9. The van der Waals surface area contributed by atoms with Crippen LogP contribution in [0, 0.1) is 0 Å². The number of carbonyl (C=O) groups is 2. The summed E-state index contributed by atoms with van der Waals surface area (Å²) in [6, 6.07) is 12.2. The Morgan fingerprint density at radius 3 is 1.74 bits per heavy atom. The lowest BCUT2D eigenvalue weighted by Crippen LogP contribution is -1.97. The number of carboxylic acid groups (broad SMARTS) is 1. The molecule has 0 fully saturated rings. The number of carboxylic acids is 1. The van der Waals surface area contributed by atoms with Crippen molar-refractivity contribution in [2.45, 2.75) is 104 Å². The first-order valence-corrected chi connectivity index (χ1v) is 15.9. The molecule has 0 aliphatic rings. The smallest absolute Gasteiger partial charge is 0.345 e. The van der Waals surface area contributed by atoms with E-state index in [1.54, 1.807) is 6.07 Å². The Labute approximate surface area is 236 Å². The highest BCUT2D eigenvalue weighted by atomic mass is 32.1. The van der Waals surface area contributed by atoms with Crippen molar-refractivity contribution in [1.82, 2.24) is 0 Å². The monoisotopic (exact) mass is 554 g/mol. The second-order valence-corrected chi connectivity index (χ2v) is 12.1. The minimum absolute atomic E-state index is 0.376. The summed E-state index contributed by atoms with van der Waals surface area (Å²) in [4.78, 5) is 25.0. The molecule has 4 nitrogen and oxygen atoms in total. The molecular formula is C32H42O4S2. The van der Waals surface area contributed by atoms with Crippen molar-refractivity contribution in [3.05, 3.63) is 52.4 Å². The van der Waals surface area contributed by atoms with Crippen LogP contribution in [0.4, 0.5) is 0 Å². The Morgan fingerprint density at radius 1 is 0.737 bits per heavy atom. The van der Waals surface area contributed by atoms with Gasteiger partial charge in [-0.1, -0.05) is 89.4 Å². The zero-order valence-corrected chi connectivity index (χ0v) is 24.6. The van der Waals surface area contributed by atoms with E-state index in [2.05, 4.69) is 26.0 Å². The maximum atomic E-state index is 11.6. The summed E-state index contributed by atoms with van der Waals surface area (Å²) in [5.74, 6) is -0.871. The molecule has 2 aromatic heterocycles. The van der Waals surface area contributed by atoms with E-state index in [0.717, 1.165) is 35.4 Å². The highest BCUT2D eigenvalue weighted by Gasteiger charge is 2.17. The Hall–Kier alpha value is -2.44. The second-order valence-electron chi connectivity index (χ2n) is 10.0. The Bertz CT molecular complexity index is 1140. The number of aryl methyl sites for hydroxylation is 2. The Balaban J connectivity index is 1.94. The molecule has 0 aliphatic carbocycles. The molecule has 0 saturated heterocycles. The minimum atomic E-state index is -0.871. The molecule has 3 aromatic rings.